The van der Waals surface area contributed by atoms with Gasteiger partial charge in [-0.1, -0.05) is 0 Å². The standard InChI is InChI=1S/C15H19N3O4S/c19-12-8-17-23(21,22)14-5-3-13(4-6-14)15(20)16-7-11-18-9-1-2-10-18/h1-6,9-10,17,19H,7-8,11-12H2,(H,16,20). The van der Waals surface area contributed by atoms with Gasteiger partial charge in [0.25, 0.3) is 5.91 Å². The summed E-state index contributed by atoms with van der Waals surface area (Å²) in [4.78, 5) is 12.0. The maximum atomic E-state index is 12.0. The first-order valence-electron chi connectivity index (χ1n) is 7.12. The van der Waals surface area contributed by atoms with E-state index in [0.717, 1.165) is 0 Å². The van der Waals surface area contributed by atoms with Gasteiger partial charge in [0, 0.05) is 37.6 Å². The summed E-state index contributed by atoms with van der Waals surface area (Å²) >= 11 is 0. The van der Waals surface area contributed by atoms with Crippen molar-refractivity contribution in [1.82, 2.24) is 14.6 Å². The van der Waals surface area contributed by atoms with E-state index < -0.39 is 10.0 Å². The number of hydrogen-bond acceptors (Lipinski definition) is 4. The van der Waals surface area contributed by atoms with Gasteiger partial charge in [0.05, 0.1) is 11.5 Å². The second-order valence-corrected chi connectivity index (χ2v) is 6.59. The summed E-state index contributed by atoms with van der Waals surface area (Å²) in [5.74, 6) is -0.260. The Morgan fingerprint density at radius 1 is 1.09 bits per heavy atom. The first-order valence-corrected chi connectivity index (χ1v) is 8.61. The van der Waals surface area contributed by atoms with Crippen molar-refractivity contribution in [3.63, 3.8) is 0 Å². The lowest BCUT2D eigenvalue weighted by atomic mass is 10.2. The van der Waals surface area contributed by atoms with Crippen molar-refractivity contribution in [2.75, 3.05) is 19.7 Å². The van der Waals surface area contributed by atoms with Gasteiger partial charge < -0.3 is 15.0 Å². The molecule has 0 bridgehead atoms. The molecule has 0 saturated carbocycles. The van der Waals surface area contributed by atoms with Gasteiger partial charge >= 0.3 is 0 Å². The molecule has 0 aliphatic heterocycles. The van der Waals surface area contributed by atoms with E-state index in [0.29, 0.717) is 18.7 Å². The molecule has 2 aromatic rings. The zero-order valence-electron chi connectivity index (χ0n) is 12.5. The van der Waals surface area contributed by atoms with E-state index in [1.54, 1.807) is 0 Å². The van der Waals surface area contributed by atoms with E-state index in [9.17, 15) is 13.2 Å². The van der Waals surface area contributed by atoms with Crippen molar-refractivity contribution in [2.45, 2.75) is 11.4 Å². The highest BCUT2D eigenvalue weighted by atomic mass is 32.2. The van der Waals surface area contributed by atoms with Gasteiger partial charge in [-0.05, 0) is 36.4 Å². The smallest absolute Gasteiger partial charge is 0.251 e. The number of carbonyl (C=O) groups excluding carboxylic acids is 1. The summed E-state index contributed by atoms with van der Waals surface area (Å²) in [6.07, 6.45) is 3.82. The van der Waals surface area contributed by atoms with Crippen LogP contribution in [0.1, 0.15) is 10.4 Å². The Morgan fingerprint density at radius 2 is 1.74 bits per heavy atom. The molecule has 2 rings (SSSR count). The summed E-state index contributed by atoms with van der Waals surface area (Å²) in [6, 6.07) is 9.45. The summed E-state index contributed by atoms with van der Waals surface area (Å²) < 4.78 is 27.9. The predicted octanol–water partition coefficient (Wildman–Crippen LogP) is 0.189. The van der Waals surface area contributed by atoms with Gasteiger partial charge in [-0.15, -0.1) is 0 Å². The van der Waals surface area contributed by atoms with E-state index in [4.69, 9.17) is 5.11 Å². The van der Waals surface area contributed by atoms with Gasteiger partial charge in [-0.25, -0.2) is 13.1 Å². The third-order valence-electron chi connectivity index (χ3n) is 3.15. The van der Waals surface area contributed by atoms with Crippen LogP contribution in [0.5, 0.6) is 0 Å². The second kappa shape index (κ2) is 7.91. The zero-order chi connectivity index (χ0) is 16.7. The maximum Gasteiger partial charge on any atom is 0.251 e. The average Bonchev–Trinajstić information content (AvgIpc) is 3.06. The Labute approximate surface area is 135 Å². The fraction of sp³-hybridized carbons (Fsp3) is 0.267. The van der Waals surface area contributed by atoms with Crippen molar-refractivity contribution in [3.05, 3.63) is 54.4 Å². The van der Waals surface area contributed by atoms with Crippen LogP contribution in [0, 0.1) is 0 Å². The van der Waals surface area contributed by atoms with E-state index in [-0.39, 0.29) is 24.0 Å². The van der Waals surface area contributed by atoms with E-state index in [1.165, 1.54) is 24.3 Å². The predicted molar refractivity (Wildman–Crippen MR) is 85.5 cm³/mol. The lowest BCUT2D eigenvalue weighted by molar-refractivity contribution is 0.0952. The number of aromatic nitrogens is 1. The minimum Gasteiger partial charge on any atom is -0.395 e. The molecular formula is C15H19N3O4S. The molecular weight excluding hydrogens is 318 g/mol. The number of carbonyl (C=O) groups is 1. The topological polar surface area (TPSA) is 100 Å². The summed E-state index contributed by atoms with van der Waals surface area (Å²) in [6.45, 7) is 0.812. The Balaban J connectivity index is 1.92. The summed E-state index contributed by atoms with van der Waals surface area (Å²) in [7, 11) is -3.66. The molecule has 1 heterocycles. The van der Waals surface area contributed by atoms with Crippen LogP contribution in [0.25, 0.3) is 0 Å². The van der Waals surface area contributed by atoms with Crippen LogP contribution in [-0.4, -0.2) is 43.7 Å². The SMILES string of the molecule is O=C(NCCn1cccc1)c1ccc(S(=O)(=O)NCCO)cc1. The maximum absolute atomic E-state index is 12.0. The minimum absolute atomic E-state index is 0.0508. The number of sulfonamides is 1. The van der Waals surface area contributed by atoms with Gasteiger partial charge in [-0.2, -0.15) is 0 Å². The molecule has 124 valence electrons. The van der Waals surface area contributed by atoms with Crippen molar-refractivity contribution in [2.24, 2.45) is 0 Å². The van der Waals surface area contributed by atoms with Crippen LogP contribution in [0.3, 0.4) is 0 Å². The van der Waals surface area contributed by atoms with E-state index >= 15 is 0 Å². The molecule has 3 N–H and O–H groups in total. The quantitative estimate of drug-likeness (QED) is 0.640. The fourth-order valence-corrected chi connectivity index (χ4v) is 2.99. The molecule has 0 saturated heterocycles. The van der Waals surface area contributed by atoms with Crippen LogP contribution >= 0.6 is 0 Å². The van der Waals surface area contributed by atoms with E-state index in [1.807, 2.05) is 29.1 Å². The molecule has 0 spiro atoms. The van der Waals surface area contributed by atoms with Gasteiger partial charge in [0.2, 0.25) is 10.0 Å². The largest absolute Gasteiger partial charge is 0.395 e. The summed E-state index contributed by atoms with van der Waals surface area (Å²) in [5, 5.41) is 11.4. The molecule has 1 aromatic carbocycles. The zero-order valence-corrected chi connectivity index (χ0v) is 13.3. The Bertz CT molecular complexity index is 725. The molecule has 0 unspecified atom stereocenters. The highest BCUT2D eigenvalue weighted by molar-refractivity contribution is 7.89. The second-order valence-electron chi connectivity index (χ2n) is 4.82. The number of rotatable bonds is 8. The minimum atomic E-state index is -3.66. The molecule has 0 radical (unpaired) electrons. The Morgan fingerprint density at radius 3 is 2.35 bits per heavy atom. The number of benzene rings is 1. The molecule has 23 heavy (non-hydrogen) atoms. The van der Waals surface area contributed by atoms with E-state index in [2.05, 4.69) is 10.0 Å². The number of nitrogens with zero attached hydrogens (tertiary/aromatic N) is 1. The van der Waals surface area contributed by atoms with Crippen LogP contribution in [0.4, 0.5) is 0 Å². The molecule has 8 heteroatoms. The Hall–Kier alpha value is -2.16. The molecule has 0 atom stereocenters. The average molecular weight is 337 g/mol. The lowest BCUT2D eigenvalue weighted by Gasteiger charge is -2.08. The number of aliphatic hydroxyl groups is 1. The third-order valence-corrected chi connectivity index (χ3v) is 4.63. The number of hydrogen-bond donors (Lipinski definition) is 3. The van der Waals surface area contributed by atoms with Crippen molar-refractivity contribution >= 4 is 15.9 Å². The number of nitrogens with one attached hydrogen (secondary N) is 2. The molecule has 1 amide bonds. The Kier molecular flexibility index (Phi) is 5.91. The summed E-state index contributed by atoms with van der Waals surface area (Å²) in [5.41, 5.74) is 0.388. The van der Waals surface area contributed by atoms with Crippen LogP contribution < -0.4 is 10.0 Å². The molecule has 1 aromatic heterocycles. The van der Waals surface area contributed by atoms with Crippen LogP contribution in [-0.2, 0) is 16.6 Å². The molecule has 0 fully saturated rings. The normalized spacial score (nSPS) is 11.3. The third kappa shape index (κ3) is 4.92. The highest BCUT2D eigenvalue weighted by Crippen LogP contribution is 2.10. The van der Waals surface area contributed by atoms with Crippen molar-refractivity contribution in [1.29, 1.82) is 0 Å². The van der Waals surface area contributed by atoms with Crippen molar-refractivity contribution < 1.29 is 18.3 Å². The molecule has 0 aliphatic rings. The van der Waals surface area contributed by atoms with Crippen LogP contribution in [0.15, 0.2) is 53.7 Å². The lowest BCUT2D eigenvalue weighted by Crippen LogP contribution is -2.28. The first kappa shape index (κ1) is 17.2. The molecule has 0 aliphatic carbocycles. The first-order chi connectivity index (χ1) is 11.0. The monoisotopic (exact) mass is 337 g/mol. The van der Waals surface area contributed by atoms with Gasteiger partial charge in [0.1, 0.15) is 0 Å². The number of aliphatic hydroxyl groups excluding tert-OH is 1. The van der Waals surface area contributed by atoms with Gasteiger partial charge in [-0.3, -0.25) is 4.79 Å². The highest BCUT2D eigenvalue weighted by Gasteiger charge is 2.14. The van der Waals surface area contributed by atoms with Crippen molar-refractivity contribution in [3.8, 4) is 0 Å². The van der Waals surface area contributed by atoms with Crippen LogP contribution in [0.2, 0.25) is 0 Å². The fourth-order valence-electron chi connectivity index (χ4n) is 1.97. The van der Waals surface area contributed by atoms with Gasteiger partial charge in [0.15, 0.2) is 0 Å². The molecule has 7 nitrogen and oxygen atoms in total. The number of amides is 1.